The van der Waals surface area contributed by atoms with Crippen LogP contribution in [0.2, 0.25) is 0 Å². The van der Waals surface area contributed by atoms with Gasteiger partial charge in [0.05, 0.1) is 11.3 Å². The Hall–Kier alpha value is -1.29. The van der Waals surface area contributed by atoms with Crippen LogP contribution in [0.3, 0.4) is 0 Å². The zero-order valence-corrected chi connectivity index (χ0v) is 9.69. The quantitative estimate of drug-likeness (QED) is 0.618. The first-order chi connectivity index (χ1) is 7.20. The zero-order chi connectivity index (χ0) is 10.8. The van der Waals surface area contributed by atoms with Crippen molar-refractivity contribution >= 4 is 23.9 Å². The summed E-state index contributed by atoms with van der Waals surface area (Å²) in [6.07, 6.45) is 2.24. The highest BCUT2D eigenvalue weighted by Gasteiger charge is 2.19. The Kier molecular flexibility index (Phi) is 4.12. The van der Waals surface area contributed by atoms with Gasteiger partial charge in [0.25, 0.3) is 0 Å². The Bertz CT molecular complexity index is 389. The first kappa shape index (κ1) is 12.8. The molecule has 1 heterocycles. The van der Waals surface area contributed by atoms with Crippen LogP contribution in [0.1, 0.15) is 18.4 Å². The summed E-state index contributed by atoms with van der Waals surface area (Å²) in [5, 5.41) is 7.39. The molecule has 1 fully saturated rings. The third-order valence-electron chi connectivity index (χ3n) is 2.71. The molecule has 1 aliphatic rings. The van der Waals surface area contributed by atoms with Gasteiger partial charge in [0.1, 0.15) is 11.7 Å². The van der Waals surface area contributed by atoms with Crippen LogP contribution in [-0.4, -0.2) is 18.9 Å². The fourth-order valence-corrected chi connectivity index (χ4v) is 2.00. The minimum atomic E-state index is -0.410. The summed E-state index contributed by atoms with van der Waals surface area (Å²) in [7, 11) is 0. The minimum Gasteiger partial charge on any atom is -0.384 e. The summed E-state index contributed by atoms with van der Waals surface area (Å²) < 4.78 is 13.5. The number of benzene rings is 1. The summed E-state index contributed by atoms with van der Waals surface area (Å²) in [6.45, 7) is 1.84. The summed E-state index contributed by atoms with van der Waals surface area (Å²) >= 11 is 0. The number of halogens is 2. The van der Waals surface area contributed by atoms with Crippen molar-refractivity contribution in [3.8, 4) is 0 Å². The number of nitrogens with zero attached hydrogens (tertiary/aromatic N) is 1. The van der Waals surface area contributed by atoms with Gasteiger partial charge >= 0.3 is 0 Å². The summed E-state index contributed by atoms with van der Waals surface area (Å²) in [5.74, 6) is -0.609. The van der Waals surface area contributed by atoms with Crippen molar-refractivity contribution in [2.75, 3.05) is 18.0 Å². The maximum absolute atomic E-state index is 13.5. The second-order valence-electron chi connectivity index (χ2n) is 3.74. The summed E-state index contributed by atoms with van der Waals surface area (Å²) in [6, 6.07) is 4.83. The normalized spacial score (nSPS) is 14.7. The lowest BCUT2D eigenvalue weighted by Crippen LogP contribution is -2.24. The monoisotopic (exact) mass is 243 g/mol. The first-order valence-electron chi connectivity index (χ1n) is 5.08. The number of rotatable bonds is 2. The Balaban J connectivity index is 0.00000128. The van der Waals surface area contributed by atoms with Crippen LogP contribution in [0.25, 0.3) is 0 Å². The van der Waals surface area contributed by atoms with E-state index in [1.54, 1.807) is 6.07 Å². The molecule has 3 N–H and O–H groups in total. The second kappa shape index (κ2) is 5.16. The topological polar surface area (TPSA) is 53.1 Å². The Labute approximate surface area is 100 Å². The van der Waals surface area contributed by atoms with E-state index in [0.717, 1.165) is 31.6 Å². The molecule has 1 aliphatic heterocycles. The van der Waals surface area contributed by atoms with Gasteiger partial charge in [0.15, 0.2) is 0 Å². The number of nitrogens with one attached hydrogen (secondary N) is 1. The molecule has 3 nitrogen and oxygen atoms in total. The highest BCUT2D eigenvalue weighted by Crippen LogP contribution is 2.26. The van der Waals surface area contributed by atoms with E-state index >= 15 is 0 Å². The lowest BCUT2D eigenvalue weighted by atomic mass is 10.1. The van der Waals surface area contributed by atoms with E-state index in [4.69, 9.17) is 11.1 Å². The molecule has 5 heteroatoms. The van der Waals surface area contributed by atoms with Crippen molar-refractivity contribution in [2.45, 2.75) is 12.8 Å². The molecule has 0 aliphatic carbocycles. The lowest BCUT2D eigenvalue weighted by molar-refractivity contribution is 0.624. The SMILES string of the molecule is Cl.N=C(N)c1c(F)cccc1N1CCCC1. The average molecular weight is 244 g/mol. The molecule has 0 saturated carbocycles. The van der Waals surface area contributed by atoms with Crippen molar-refractivity contribution in [3.05, 3.63) is 29.6 Å². The van der Waals surface area contributed by atoms with Gasteiger partial charge in [-0.2, -0.15) is 0 Å². The molecule has 16 heavy (non-hydrogen) atoms. The van der Waals surface area contributed by atoms with Crippen LogP contribution < -0.4 is 10.6 Å². The second-order valence-corrected chi connectivity index (χ2v) is 3.74. The Morgan fingerprint density at radius 1 is 1.31 bits per heavy atom. The van der Waals surface area contributed by atoms with Crippen LogP contribution in [-0.2, 0) is 0 Å². The molecule has 0 aromatic heterocycles. The van der Waals surface area contributed by atoms with Gasteiger partial charge in [0.2, 0.25) is 0 Å². The van der Waals surface area contributed by atoms with Gasteiger partial charge in [-0.3, -0.25) is 5.41 Å². The summed E-state index contributed by atoms with van der Waals surface area (Å²) in [5.41, 5.74) is 6.39. The van der Waals surface area contributed by atoms with Crippen molar-refractivity contribution in [2.24, 2.45) is 5.73 Å². The average Bonchev–Trinajstić information content (AvgIpc) is 2.69. The van der Waals surface area contributed by atoms with Crippen molar-refractivity contribution < 1.29 is 4.39 Å². The third-order valence-corrected chi connectivity index (χ3v) is 2.71. The predicted octanol–water partition coefficient (Wildman–Crippen LogP) is 2.13. The molecule has 2 rings (SSSR count). The van der Waals surface area contributed by atoms with Crippen molar-refractivity contribution in [3.63, 3.8) is 0 Å². The lowest BCUT2D eigenvalue weighted by Gasteiger charge is -2.21. The molecular formula is C11H15ClFN3. The van der Waals surface area contributed by atoms with Crippen LogP contribution >= 0.6 is 12.4 Å². The maximum Gasteiger partial charge on any atom is 0.136 e. The molecule has 1 aromatic carbocycles. The van der Waals surface area contributed by atoms with E-state index < -0.39 is 5.82 Å². The molecule has 0 amide bonds. The Morgan fingerprint density at radius 2 is 1.94 bits per heavy atom. The van der Waals surface area contributed by atoms with E-state index in [1.165, 1.54) is 6.07 Å². The van der Waals surface area contributed by atoms with Crippen LogP contribution in [0.5, 0.6) is 0 Å². The molecule has 0 atom stereocenters. The standard InChI is InChI=1S/C11H14FN3.ClH/c12-8-4-3-5-9(10(8)11(13)14)15-6-1-2-7-15;/h3-5H,1-2,6-7H2,(H3,13,14);1H. The molecule has 0 unspecified atom stereocenters. The maximum atomic E-state index is 13.5. The highest BCUT2D eigenvalue weighted by atomic mass is 35.5. The highest BCUT2D eigenvalue weighted by molar-refractivity contribution is 6.00. The van der Waals surface area contributed by atoms with E-state index in [2.05, 4.69) is 4.90 Å². The van der Waals surface area contributed by atoms with Gasteiger partial charge in [0, 0.05) is 13.1 Å². The molecule has 1 saturated heterocycles. The predicted molar refractivity (Wildman–Crippen MR) is 66.1 cm³/mol. The van der Waals surface area contributed by atoms with Crippen LogP contribution in [0.4, 0.5) is 10.1 Å². The van der Waals surface area contributed by atoms with Gasteiger partial charge in [-0.25, -0.2) is 4.39 Å². The fraction of sp³-hybridized carbons (Fsp3) is 0.364. The largest absolute Gasteiger partial charge is 0.384 e. The number of nitrogen functional groups attached to an aromatic ring is 1. The minimum absolute atomic E-state index is 0. The van der Waals surface area contributed by atoms with E-state index in [0.29, 0.717) is 0 Å². The fourth-order valence-electron chi connectivity index (χ4n) is 2.00. The Morgan fingerprint density at radius 3 is 2.50 bits per heavy atom. The number of hydrogen-bond donors (Lipinski definition) is 2. The molecule has 1 aromatic rings. The molecule has 88 valence electrons. The van der Waals surface area contributed by atoms with E-state index in [-0.39, 0.29) is 23.8 Å². The van der Waals surface area contributed by atoms with Crippen LogP contribution in [0.15, 0.2) is 18.2 Å². The number of amidine groups is 1. The first-order valence-corrected chi connectivity index (χ1v) is 5.08. The van der Waals surface area contributed by atoms with Crippen LogP contribution in [0, 0.1) is 11.2 Å². The summed E-state index contributed by atoms with van der Waals surface area (Å²) in [4.78, 5) is 2.08. The van der Waals surface area contributed by atoms with E-state index in [1.807, 2.05) is 6.07 Å². The van der Waals surface area contributed by atoms with Gasteiger partial charge < -0.3 is 10.6 Å². The van der Waals surface area contributed by atoms with Gasteiger partial charge in [-0.05, 0) is 25.0 Å². The third kappa shape index (κ3) is 2.27. The molecule has 0 radical (unpaired) electrons. The molecule has 0 spiro atoms. The van der Waals surface area contributed by atoms with Gasteiger partial charge in [-0.1, -0.05) is 6.07 Å². The molecule has 0 bridgehead atoms. The number of hydrogen-bond acceptors (Lipinski definition) is 2. The zero-order valence-electron chi connectivity index (χ0n) is 8.87. The number of anilines is 1. The van der Waals surface area contributed by atoms with E-state index in [9.17, 15) is 4.39 Å². The molecular weight excluding hydrogens is 229 g/mol. The van der Waals surface area contributed by atoms with Crippen molar-refractivity contribution in [1.82, 2.24) is 0 Å². The smallest absolute Gasteiger partial charge is 0.136 e. The van der Waals surface area contributed by atoms with Crippen molar-refractivity contribution in [1.29, 1.82) is 5.41 Å². The van der Waals surface area contributed by atoms with Gasteiger partial charge in [-0.15, -0.1) is 12.4 Å². The number of nitrogens with two attached hydrogens (primary N) is 1.